The maximum absolute atomic E-state index is 6.01. The number of nitrogens with zero attached hydrogens (tertiary/aromatic N) is 2. The number of hydrogen-bond donors (Lipinski definition) is 0. The van der Waals surface area contributed by atoms with Crippen molar-refractivity contribution in [1.82, 2.24) is 9.78 Å². The largest absolute Gasteiger partial charge is 0.246 e. The van der Waals surface area contributed by atoms with Gasteiger partial charge in [0.1, 0.15) is 5.15 Å². The van der Waals surface area contributed by atoms with E-state index in [1.165, 1.54) is 0 Å². The summed E-state index contributed by atoms with van der Waals surface area (Å²) in [5.74, 6) is 0. The summed E-state index contributed by atoms with van der Waals surface area (Å²) in [6, 6.07) is 0. The molecule has 1 aromatic rings. The van der Waals surface area contributed by atoms with Gasteiger partial charge in [0.05, 0.1) is 9.11 Å². The third-order valence-electron chi connectivity index (χ3n) is 1.37. The van der Waals surface area contributed by atoms with Gasteiger partial charge in [-0.3, -0.25) is 0 Å². The summed E-state index contributed by atoms with van der Waals surface area (Å²) < 4.78 is 2.53. The van der Waals surface area contributed by atoms with E-state index in [2.05, 4.69) is 27.7 Å². The Morgan fingerprint density at radius 3 is 2.00 bits per heavy atom. The number of rotatable bonds is 0. The standard InChI is InChI=1S/C7H9Cl2IN2/c1-7(2,3)12-6(9)4(10)5(8)11-12/h1-3H3. The first kappa shape index (κ1) is 10.6. The van der Waals surface area contributed by atoms with Gasteiger partial charge in [-0.15, -0.1) is 0 Å². The molecule has 0 aliphatic heterocycles. The predicted molar refractivity (Wildman–Crippen MR) is 60.0 cm³/mol. The molecule has 5 heteroatoms. The molecule has 0 aromatic carbocycles. The quantitative estimate of drug-likeness (QED) is 0.669. The van der Waals surface area contributed by atoms with Crippen LogP contribution in [0.2, 0.25) is 10.3 Å². The molecule has 0 fully saturated rings. The fourth-order valence-corrected chi connectivity index (χ4v) is 1.73. The average molecular weight is 319 g/mol. The highest BCUT2D eigenvalue weighted by Gasteiger charge is 2.21. The average Bonchev–Trinajstić information content (AvgIpc) is 2.15. The maximum Gasteiger partial charge on any atom is 0.166 e. The lowest BCUT2D eigenvalue weighted by Crippen LogP contribution is -2.23. The van der Waals surface area contributed by atoms with Crippen LogP contribution in [0, 0.1) is 3.57 Å². The van der Waals surface area contributed by atoms with Crippen LogP contribution in [0.15, 0.2) is 0 Å². The van der Waals surface area contributed by atoms with Crippen molar-refractivity contribution in [3.8, 4) is 0 Å². The van der Waals surface area contributed by atoms with Crippen LogP contribution in [0.3, 0.4) is 0 Å². The van der Waals surface area contributed by atoms with Gasteiger partial charge in [-0.2, -0.15) is 5.10 Å². The fraction of sp³-hybridized carbons (Fsp3) is 0.571. The van der Waals surface area contributed by atoms with Gasteiger partial charge in [-0.1, -0.05) is 23.2 Å². The van der Waals surface area contributed by atoms with E-state index in [4.69, 9.17) is 23.2 Å². The summed E-state index contributed by atoms with van der Waals surface area (Å²) in [4.78, 5) is 0. The smallest absolute Gasteiger partial charge is 0.166 e. The Morgan fingerprint density at radius 1 is 1.33 bits per heavy atom. The molecular weight excluding hydrogens is 310 g/mol. The second-order valence-corrected chi connectivity index (χ2v) is 5.27. The minimum absolute atomic E-state index is 0.121. The minimum atomic E-state index is -0.121. The third-order valence-corrected chi connectivity index (χ3v) is 3.64. The van der Waals surface area contributed by atoms with Crippen LogP contribution in [0.5, 0.6) is 0 Å². The molecule has 0 spiro atoms. The lowest BCUT2D eigenvalue weighted by molar-refractivity contribution is 0.356. The monoisotopic (exact) mass is 318 g/mol. The summed E-state index contributed by atoms with van der Waals surface area (Å²) in [6.07, 6.45) is 0. The van der Waals surface area contributed by atoms with Gasteiger partial charge in [-0.05, 0) is 43.4 Å². The molecule has 0 unspecified atom stereocenters. The van der Waals surface area contributed by atoms with Crippen LogP contribution in [-0.2, 0) is 5.54 Å². The van der Waals surface area contributed by atoms with Crippen LogP contribution >= 0.6 is 45.8 Å². The summed E-state index contributed by atoms with van der Waals surface area (Å²) >= 11 is 13.9. The van der Waals surface area contributed by atoms with E-state index in [-0.39, 0.29) is 5.54 Å². The topological polar surface area (TPSA) is 17.8 Å². The highest BCUT2D eigenvalue weighted by Crippen LogP contribution is 2.29. The molecule has 68 valence electrons. The van der Waals surface area contributed by atoms with E-state index in [1.807, 2.05) is 20.8 Å². The molecule has 0 radical (unpaired) electrons. The van der Waals surface area contributed by atoms with Crippen LogP contribution in [0.25, 0.3) is 0 Å². The first-order valence-corrected chi connectivity index (χ1v) is 5.27. The van der Waals surface area contributed by atoms with Crippen molar-refractivity contribution < 1.29 is 0 Å². The lowest BCUT2D eigenvalue weighted by Gasteiger charge is -2.19. The minimum Gasteiger partial charge on any atom is -0.246 e. The van der Waals surface area contributed by atoms with Crippen LogP contribution in [0.4, 0.5) is 0 Å². The molecule has 0 N–H and O–H groups in total. The second kappa shape index (κ2) is 3.35. The first-order valence-electron chi connectivity index (χ1n) is 3.44. The van der Waals surface area contributed by atoms with E-state index in [0.29, 0.717) is 10.3 Å². The predicted octanol–water partition coefficient (Wildman–Crippen LogP) is 3.55. The first-order chi connectivity index (χ1) is 5.34. The van der Waals surface area contributed by atoms with E-state index >= 15 is 0 Å². The molecule has 1 aromatic heterocycles. The fourth-order valence-electron chi connectivity index (χ4n) is 0.798. The zero-order valence-electron chi connectivity index (χ0n) is 7.03. The van der Waals surface area contributed by atoms with Gasteiger partial charge in [0.15, 0.2) is 5.15 Å². The van der Waals surface area contributed by atoms with Crippen molar-refractivity contribution in [2.75, 3.05) is 0 Å². The molecular formula is C7H9Cl2IN2. The Balaban J connectivity index is 3.28. The highest BCUT2D eigenvalue weighted by atomic mass is 127. The van der Waals surface area contributed by atoms with Gasteiger partial charge < -0.3 is 0 Å². The highest BCUT2D eigenvalue weighted by molar-refractivity contribution is 14.1. The molecule has 2 nitrogen and oxygen atoms in total. The molecule has 1 rings (SSSR count). The van der Waals surface area contributed by atoms with Crippen LogP contribution in [0.1, 0.15) is 20.8 Å². The Hall–Kier alpha value is 0.520. The summed E-state index contributed by atoms with van der Waals surface area (Å²) in [5.41, 5.74) is -0.121. The molecule has 0 saturated heterocycles. The molecule has 0 bridgehead atoms. The van der Waals surface area contributed by atoms with E-state index < -0.39 is 0 Å². The molecule has 0 saturated carbocycles. The van der Waals surface area contributed by atoms with Crippen molar-refractivity contribution in [3.05, 3.63) is 13.9 Å². The maximum atomic E-state index is 6.01. The zero-order valence-corrected chi connectivity index (χ0v) is 10.7. The Kier molecular flexibility index (Phi) is 2.96. The SMILES string of the molecule is CC(C)(C)n1nc(Cl)c(I)c1Cl. The summed E-state index contributed by atoms with van der Waals surface area (Å²) in [6.45, 7) is 6.08. The van der Waals surface area contributed by atoms with Crippen molar-refractivity contribution in [2.24, 2.45) is 0 Å². The number of aromatic nitrogens is 2. The van der Waals surface area contributed by atoms with E-state index in [1.54, 1.807) is 4.68 Å². The molecule has 0 aliphatic rings. The molecule has 0 amide bonds. The Morgan fingerprint density at radius 2 is 1.83 bits per heavy atom. The molecule has 0 atom stereocenters. The number of hydrogen-bond acceptors (Lipinski definition) is 1. The van der Waals surface area contributed by atoms with E-state index in [0.717, 1.165) is 3.57 Å². The number of halogens is 3. The molecule has 1 heterocycles. The van der Waals surface area contributed by atoms with Crippen molar-refractivity contribution in [2.45, 2.75) is 26.3 Å². The Bertz CT molecular complexity index is 301. The third kappa shape index (κ3) is 1.88. The summed E-state index contributed by atoms with van der Waals surface area (Å²) in [7, 11) is 0. The molecule has 0 aliphatic carbocycles. The van der Waals surface area contributed by atoms with E-state index in [9.17, 15) is 0 Å². The van der Waals surface area contributed by atoms with Gasteiger partial charge in [0.2, 0.25) is 0 Å². The van der Waals surface area contributed by atoms with Crippen LogP contribution in [-0.4, -0.2) is 9.78 Å². The Labute approximate surface area is 95.4 Å². The lowest BCUT2D eigenvalue weighted by atomic mass is 10.1. The zero-order chi connectivity index (χ0) is 9.52. The van der Waals surface area contributed by atoms with Crippen LogP contribution < -0.4 is 0 Å². The normalized spacial score (nSPS) is 12.2. The summed E-state index contributed by atoms with van der Waals surface area (Å²) in [5, 5.41) is 5.20. The van der Waals surface area contributed by atoms with Gasteiger partial charge in [-0.25, -0.2) is 4.68 Å². The van der Waals surface area contributed by atoms with Gasteiger partial charge >= 0.3 is 0 Å². The van der Waals surface area contributed by atoms with Gasteiger partial charge in [0.25, 0.3) is 0 Å². The van der Waals surface area contributed by atoms with Crippen molar-refractivity contribution in [3.63, 3.8) is 0 Å². The van der Waals surface area contributed by atoms with Crippen molar-refractivity contribution >= 4 is 45.8 Å². The van der Waals surface area contributed by atoms with Gasteiger partial charge in [0, 0.05) is 0 Å². The second-order valence-electron chi connectivity index (χ2n) is 3.48. The van der Waals surface area contributed by atoms with Crippen molar-refractivity contribution in [1.29, 1.82) is 0 Å². The molecule has 12 heavy (non-hydrogen) atoms.